The third kappa shape index (κ3) is 4.62. The summed E-state index contributed by atoms with van der Waals surface area (Å²) in [6, 6.07) is 11.4. The van der Waals surface area contributed by atoms with E-state index in [0.717, 1.165) is 28.1 Å². The number of fused-ring (bicyclic) bond motifs is 1. The highest BCUT2D eigenvalue weighted by atomic mass is 79.9. The Morgan fingerprint density at radius 1 is 1.04 bits per heavy atom. The van der Waals surface area contributed by atoms with Gasteiger partial charge >= 0.3 is 5.97 Å². The lowest BCUT2D eigenvalue weighted by Gasteiger charge is -2.27. The van der Waals surface area contributed by atoms with Gasteiger partial charge in [0.25, 0.3) is 5.91 Å². The molecule has 7 nitrogen and oxygen atoms in total. The maximum absolute atomic E-state index is 12.3. The Labute approximate surface area is 170 Å². The molecular formula is C20H21BrN2O5. The van der Waals surface area contributed by atoms with Crippen molar-refractivity contribution in [2.24, 2.45) is 11.8 Å². The van der Waals surface area contributed by atoms with E-state index in [4.69, 9.17) is 4.74 Å². The van der Waals surface area contributed by atoms with Crippen molar-refractivity contribution in [3.05, 3.63) is 40.9 Å². The van der Waals surface area contributed by atoms with Crippen LogP contribution in [0.1, 0.15) is 25.7 Å². The molecule has 1 aliphatic rings. The number of carboxylic acid groups (broad SMARTS) is 1. The number of amides is 2. The predicted octanol–water partition coefficient (Wildman–Crippen LogP) is 3.02. The van der Waals surface area contributed by atoms with Crippen LogP contribution < -0.4 is 15.6 Å². The van der Waals surface area contributed by atoms with E-state index in [1.807, 2.05) is 30.3 Å². The standard InChI is InChI=1S/C20H21BrN2O5/c21-18-13-6-2-1-5-12(13)9-10-16(18)28-11-17(24)22-23-19(25)14-7-3-4-8-15(14)20(26)27/h1-2,5-6,9-10,14-15H,3-4,7-8,11H2,(H,22,24)(H,23,25)(H,26,27)/t14-,15-/m0/s1. The molecule has 8 heteroatoms. The molecule has 0 heterocycles. The van der Waals surface area contributed by atoms with Crippen molar-refractivity contribution < 1.29 is 24.2 Å². The molecule has 0 spiro atoms. The Bertz CT molecular complexity index is 901. The molecule has 1 fully saturated rings. The van der Waals surface area contributed by atoms with Crippen molar-refractivity contribution in [1.29, 1.82) is 0 Å². The molecular weight excluding hydrogens is 428 g/mol. The summed E-state index contributed by atoms with van der Waals surface area (Å²) in [5.41, 5.74) is 4.62. The van der Waals surface area contributed by atoms with Gasteiger partial charge in [-0.3, -0.25) is 25.2 Å². The van der Waals surface area contributed by atoms with Gasteiger partial charge in [0.2, 0.25) is 5.91 Å². The summed E-state index contributed by atoms with van der Waals surface area (Å²) in [4.78, 5) is 35.6. The van der Waals surface area contributed by atoms with Gasteiger partial charge in [0.05, 0.1) is 16.3 Å². The minimum atomic E-state index is -0.976. The van der Waals surface area contributed by atoms with Crippen LogP contribution in [0.4, 0.5) is 0 Å². The average Bonchev–Trinajstić information content (AvgIpc) is 2.71. The Kier molecular flexibility index (Phi) is 6.51. The molecule has 3 N–H and O–H groups in total. The SMILES string of the molecule is O=C(COc1ccc2ccccc2c1Br)NNC(=O)[C@H]1CCCC[C@@H]1C(=O)O. The van der Waals surface area contributed by atoms with E-state index in [1.54, 1.807) is 6.07 Å². The van der Waals surface area contributed by atoms with Gasteiger partial charge in [-0.25, -0.2) is 0 Å². The monoisotopic (exact) mass is 448 g/mol. The predicted molar refractivity (Wildman–Crippen MR) is 107 cm³/mol. The second-order valence-corrected chi connectivity index (χ2v) is 7.55. The molecule has 148 valence electrons. The smallest absolute Gasteiger partial charge is 0.307 e. The molecule has 2 amide bonds. The summed E-state index contributed by atoms with van der Waals surface area (Å²) in [6.07, 6.45) is 2.57. The van der Waals surface area contributed by atoms with Crippen molar-refractivity contribution in [3.8, 4) is 5.75 Å². The van der Waals surface area contributed by atoms with Gasteiger partial charge in [-0.05, 0) is 45.6 Å². The number of rotatable bonds is 5. The maximum atomic E-state index is 12.3. The van der Waals surface area contributed by atoms with Gasteiger partial charge in [-0.15, -0.1) is 0 Å². The molecule has 1 aliphatic carbocycles. The lowest BCUT2D eigenvalue weighted by molar-refractivity contribution is -0.149. The van der Waals surface area contributed by atoms with Crippen LogP contribution in [0.25, 0.3) is 10.8 Å². The van der Waals surface area contributed by atoms with Crippen molar-refractivity contribution in [1.82, 2.24) is 10.9 Å². The van der Waals surface area contributed by atoms with Crippen molar-refractivity contribution in [2.75, 3.05) is 6.61 Å². The van der Waals surface area contributed by atoms with E-state index >= 15 is 0 Å². The summed E-state index contributed by atoms with van der Waals surface area (Å²) in [6.45, 7) is -0.287. The number of carbonyl (C=O) groups is 3. The van der Waals surface area contributed by atoms with E-state index in [1.165, 1.54) is 0 Å². The van der Waals surface area contributed by atoms with Crippen LogP contribution in [0, 0.1) is 11.8 Å². The first-order valence-electron chi connectivity index (χ1n) is 9.09. The van der Waals surface area contributed by atoms with Crippen LogP contribution in [0.2, 0.25) is 0 Å². The molecule has 0 unspecified atom stereocenters. The number of carboxylic acids is 1. The summed E-state index contributed by atoms with van der Waals surface area (Å²) in [5.74, 6) is -2.82. The molecule has 2 aromatic carbocycles. The van der Waals surface area contributed by atoms with E-state index < -0.39 is 29.6 Å². The number of nitrogens with one attached hydrogen (secondary N) is 2. The molecule has 1 saturated carbocycles. The lowest BCUT2D eigenvalue weighted by atomic mass is 9.79. The molecule has 0 aromatic heterocycles. The van der Waals surface area contributed by atoms with Gasteiger partial charge in [-0.2, -0.15) is 0 Å². The highest BCUT2D eigenvalue weighted by molar-refractivity contribution is 9.10. The zero-order valence-electron chi connectivity index (χ0n) is 15.1. The number of aliphatic carboxylic acids is 1. The van der Waals surface area contributed by atoms with E-state index in [9.17, 15) is 19.5 Å². The Hall–Kier alpha value is -2.61. The van der Waals surface area contributed by atoms with Crippen molar-refractivity contribution >= 4 is 44.5 Å². The van der Waals surface area contributed by atoms with Crippen LogP contribution in [-0.4, -0.2) is 29.5 Å². The van der Waals surface area contributed by atoms with Crippen LogP contribution in [-0.2, 0) is 14.4 Å². The quantitative estimate of drug-likeness (QED) is 0.609. The molecule has 0 saturated heterocycles. The fourth-order valence-electron chi connectivity index (χ4n) is 3.47. The first-order valence-corrected chi connectivity index (χ1v) is 9.88. The summed E-state index contributed by atoms with van der Waals surface area (Å²) >= 11 is 3.48. The minimum Gasteiger partial charge on any atom is -0.483 e. The van der Waals surface area contributed by atoms with E-state index in [0.29, 0.717) is 18.6 Å². The van der Waals surface area contributed by atoms with Crippen molar-refractivity contribution in [2.45, 2.75) is 25.7 Å². The lowest BCUT2D eigenvalue weighted by Crippen LogP contribution is -2.49. The Morgan fingerprint density at radius 3 is 2.50 bits per heavy atom. The van der Waals surface area contributed by atoms with Gasteiger partial charge in [-0.1, -0.05) is 43.2 Å². The van der Waals surface area contributed by atoms with E-state index in [-0.39, 0.29) is 6.61 Å². The minimum absolute atomic E-state index is 0.287. The maximum Gasteiger partial charge on any atom is 0.307 e. The molecule has 3 rings (SSSR count). The third-order valence-corrected chi connectivity index (χ3v) is 5.75. The first-order chi connectivity index (χ1) is 13.5. The van der Waals surface area contributed by atoms with Gasteiger partial charge in [0.1, 0.15) is 5.75 Å². The average molecular weight is 449 g/mol. The van der Waals surface area contributed by atoms with Crippen LogP contribution in [0.3, 0.4) is 0 Å². The zero-order valence-corrected chi connectivity index (χ0v) is 16.7. The fraction of sp³-hybridized carbons (Fsp3) is 0.350. The number of hydrazine groups is 1. The third-order valence-electron chi connectivity index (χ3n) is 4.93. The Morgan fingerprint density at radius 2 is 1.75 bits per heavy atom. The molecule has 0 aliphatic heterocycles. The van der Waals surface area contributed by atoms with Gasteiger partial charge < -0.3 is 9.84 Å². The second-order valence-electron chi connectivity index (χ2n) is 6.76. The number of hydrogen-bond acceptors (Lipinski definition) is 4. The van der Waals surface area contributed by atoms with Gasteiger partial charge in [0.15, 0.2) is 6.61 Å². The molecule has 28 heavy (non-hydrogen) atoms. The normalized spacial score (nSPS) is 19.0. The largest absolute Gasteiger partial charge is 0.483 e. The highest BCUT2D eigenvalue weighted by Crippen LogP contribution is 2.33. The topological polar surface area (TPSA) is 105 Å². The molecule has 0 radical (unpaired) electrons. The summed E-state index contributed by atoms with van der Waals surface area (Å²) in [7, 11) is 0. The number of benzene rings is 2. The molecule has 2 aromatic rings. The number of hydrogen-bond donors (Lipinski definition) is 3. The molecule has 2 atom stereocenters. The van der Waals surface area contributed by atoms with Crippen LogP contribution in [0.5, 0.6) is 5.75 Å². The Balaban J connectivity index is 1.53. The number of carbonyl (C=O) groups excluding carboxylic acids is 2. The first kappa shape index (κ1) is 20.1. The van der Waals surface area contributed by atoms with Crippen LogP contribution >= 0.6 is 15.9 Å². The number of ether oxygens (including phenoxy) is 1. The number of halogens is 1. The zero-order chi connectivity index (χ0) is 20.1. The summed E-state index contributed by atoms with van der Waals surface area (Å²) in [5, 5.41) is 11.3. The van der Waals surface area contributed by atoms with Gasteiger partial charge in [0, 0.05) is 0 Å². The van der Waals surface area contributed by atoms with Crippen LogP contribution in [0.15, 0.2) is 40.9 Å². The van der Waals surface area contributed by atoms with Crippen molar-refractivity contribution in [3.63, 3.8) is 0 Å². The molecule has 0 bridgehead atoms. The highest BCUT2D eigenvalue weighted by Gasteiger charge is 2.35. The fourth-order valence-corrected chi connectivity index (χ4v) is 4.08. The van der Waals surface area contributed by atoms with E-state index in [2.05, 4.69) is 26.8 Å². The second kappa shape index (κ2) is 9.05. The summed E-state index contributed by atoms with van der Waals surface area (Å²) < 4.78 is 6.28.